The van der Waals surface area contributed by atoms with E-state index in [9.17, 15) is 9.36 Å². The van der Waals surface area contributed by atoms with Crippen molar-refractivity contribution in [3.05, 3.63) is 0 Å². The molecule has 0 aliphatic carbocycles. The molecule has 6 nitrogen and oxygen atoms in total. The van der Waals surface area contributed by atoms with Crippen molar-refractivity contribution >= 4 is 13.8 Å². The lowest BCUT2D eigenvalue weighted by molar-refractivity contribution is -0.141. The van der Waals surface area contributed by atoms with Gasteiger partial charge in [0.15, 0.2) is 0 Å². The van der Waals surface area contributed by atoms with Crippen molar-refractivity contribution in [1.82, 2.24) is 0 Å². The summed E-state index contributed by atoms with van der Waals surface area (Å²) in [5, 5.41) is 0. The molecular formula is C6H13O6P. The second kappa shape index (κ2) is 5.34. The van der Waals surface area contributed by atoms with Crippen LogP contribution in [-0.4, -0.2) is 29.0 Å². The summed E-state index contributed by atoms with van der Waals surface area (Å²) in [6.07, 6.45) is -0.366. The minimum atomic E-state index is -4.44. The summed E-state index contributed by atoms with van der Waals surface area (Å²) in [4.78, 5) is 27.4. The SMILES string of the molecule is COC(=O)CCC(C)OP(=O)(O)O. The van der Waals surface area contributed by atoms with Gasteiger partial charge in [-0.05, 0) is 13.3 Å². The molecule has 0 amide bonds. The van der Waals surface area contributed by atoms with Crippen LogP contribution >= 0.6 is 7.82 Å². The number of phosphoric ester groups is 1. The van der Waals surface area contributed by atoms with Gasteiger partial charge in [0, 0.05) is 6.42 Å². The molecule has 0 bridgehead atoms. The maximum Gasteiger partial charge on any atom is 0.469 e. The van der Waals surface area contributed by atoms with E-state index >= 15 is 0 Å². The lowest BCUT2D eigenvalue weighted by Gasteiger charge is -2.12. The Labute approximate surface area is 76.1 Å². The zero-order valence-corrected chi connectivity index (χ0v) is 8.36. The number of hydrogen-bond donors (Lipinski definition) is 2. The van der Waals surface area contributed by atoms with Crippen LogP contribution in [0.25, 0.3) is 0 Å². The van der Waals surface area contributed by atoms with Gasteiger partial charge in [0.05, 0.1) is 13.2 Å². The molecule has 0 fully saturated rings. The van der Waals surface area contributed by atoms with Crippen LogP contribution in [0.2, 0.25) is 0 Å². The summed E-state index contributed by atoms with van der Waals surface area (Å²) >= 11 is 0. The number of ether oxygens (including phenoxy) is 1. The summed E-state index contributed by atoms with van der Waals surface area (Å²) in [7, 11) is -3.20. The molecule has 13 heavy (non-hydrogen) atoms. The first-order valence-corrected chi connectivity index (χ1v) is 5.19. The second-order valence-electron chi connectivity index (χ2n) is 2.52. The smallest absolute Gasteiger partial charge is 0.469 e. The highest BCUT2D eigenvalue weighted by Gasteiger charge is 2.19. The van der Waals surface area contributed by atoms with Crippen molar-refractivity contribution in [2.75, 3.05) is 7.11 Å². The molecule has 0 aromatic carbocycles. The summed E-state index contributed by atoms with van der Waals surface area (Å²) in [6, 6.07) is 0. The minimum absolute atomic E-state index is 0.0810. The van der Waals surface area contributed by atoms with E-state index in [1.54, 1.807) is 0 Å². The predicted octanol–water partition coefficient (Wildman–Crippen LogP) is 0.437. The maximum atomic E-state index is 10.6. The zero-order valence-electron chi connectivity index (χ0n) is 7.47. The molecule has 0 rings (SSSR count). The average molecular weight is 212 g/mol. The van der Waals surface area contributed by atoms with E-state index in [2.05, 4.69) is 9.26 Å². The Kier molecular flexibility index (Phi) is 5.17. The van der Waals surface area contributed by atoms with Crippen molar-refractivity contribution in [3.63, 3.8) is 0 Å². The normalized spacial score (nSPS) is 13.8. The van der Waals surface area contributed by atoms with Crippen molar-refractivity contribution in [2.24, 2.45) is 0 Å². The molecule has 0 saturated carbocycles. The molecule has 0 aliphatic heterocycles. The highest BCUT2D eigenvalue weighted by atomic mass is 31.2. The van der Waals surface area contributed by atoms with Gasteiger partial charge in [-0.25, -0.2) is 4.57 Å². The number of methoxy groups -OCH3 is 1. The van der Waals surface area contributed by atoms with Crippen LogP contribution < -0.4 is 0 Å². The molecule has 0 aliphatic rings. The molecule has 1 unspecified atom stereocenters. The number of carbonyl (C=O) groups excluding carboxylic acids is 1. The Hall–Kier alpha value is -0.420. The predicted molar refractivity (Wildman–Crippen MR) is 43.8 cm³/mol. The first-order valence-electron chi connectivity index (χ1n) is 3.66. The molecule has 0 aromatic heterocycles. The molecule has 0 spiro atoms. The van der Waals surface area contributed by atoms with E-state index < -0.39 is 19.9 Å². The third-order valence-electron chi connectivity index (χ3n) is 1.30. The van der Waals surface area contributed by atoms with Gasteiger partial charge in [-0.2, -0.15) is 0 Å². The zero-order chi connectivity index (χ0) is 10.5. The van der Waals surface area contributed by atoms with Crippen LogP contribution in [-0.2, 0) is 18.6 Å². The van der Waals surface area contributed by atoms with Gasteiger partial charge >= 0.3 is 13.8 Å². The van der Waals surface area contributed by atoms with E-state index in [1.165, 1.54) is 14.0 Å². The third-order valence-corrected chi connectivity index (χ3v) is 1.93. The van der Waals surface area contributed by atoms with Crippen molar-refractivity contribution in [3.8, 4) is 0 Å². The summed E-state index contributed by atoms with van der Waals surface area (Å²) < 4.78 is 18.9. The summed E-state index contributed by atoms with van der Waals surface area (Å²) in [6.45, 7) is 1.47. The Bertz CT molecular complexity index is 209. The average Bonchev–Trinajstić information content (AvgIpc) is 1.97. The molecule has 0 aromatic rings. The van der Waals surface area contributed by atoms with E-state index in [4.69, 9.17) is 9.79 Å². The Morgan fingerprint density at radius 2 is 2.08 bits per heavy atom. The van der Waals surface area contributed by atoms with Gasteiger partial charge in [0.2, 0.25) is 0 Å². The third kappa shape index (κ3) is 7.93. The highest BCUT2D eigenvalue weighted by molar-refractivity contribution is 7.46. The number of esters is 1. The lowest BCUT2D eigenvalue weighted by atomic mass is 10.2. The second-order valence-corrected chi connectivity index (χ2v) is 3.71. The highest BCUT2D eigenvalue weighted by Crippen LogP contribution is 2.38. The lowest BCUT2D eigenvalue weighted by Crippen LogP contribution is -2.10. The van der Waals surface area contributed by atoms with Crippen LogP contribution in [0.4, 0.5) is 0 Å². The van der Waals surface area contributed by atoms with Gasteiger partial charge in [0.1, 0.15) is 0 Å². The Morgan fingerprint density at radius 1 is 1.54 bits per heavy atom. The van der Waals surface area contributed by atoms with E-state index in [1.807, 2.05) is 0 Å². The molecule has 7 heteroatoms. The molecule has 0 radical (unpaired) electrons. The van der Waals surface area contributed by atoms with Crippen molar-refractivity contribution in [2.45, 2.75) is 25.9 Å². The molecule has 78 valence electrons. The summed E-state index contributed by atoms with van der Waals surface area (Å²) in [5.41, 5.74) is 0. The fraction of sp³-hybridized carbons (Fsp3) is 0.833. The van der Waals surface area contributed by atoms with E-state index in [0.717, 1.165) is 0 Å². The fourth-order valence-electron chi connectivity index (χ4n) is 0.710. The first-order chi connectivity index (χ1) is 5.85. The fourth-order valence-corrected chi connectivity index (χ4v) is 1.28. The molecule has 0 saturated heterocycles. The number of hydrogen-bond acceptors (Lipinski definition) is 4. The molecule has 0 heterocycles. The van der Waals surface area contributed by atoms with Crippen LogP contribution in [0, 0.1) is 0 Å². The van der Waals surface area contributed by atoms with Crippen LogP contribution in [0.15, 0.2) is 0 Å². The monoisotopic (exact) mass is 212 g/mol. The van der Waals surface area contributed by atoms with Crippen LogP contribution in [0.5, 0.6) is 0 Å². The number of carbonyl (C=O) groups is 1. The van der Waals surface area contributed by atoms with Gasteiger partial charge < -0.3 is 14.5 Å². The molecular weight excluding hydrogens is 199 g/mol. The quantitative estimate of drug-likeness (QED) is 0.507. The van der Waals surface area contributed by atoms with Crippen molar-refractivity contribution < 1.29 is 28.4 Å². The van der Waals surface area contributed by atoms with Gasteiger partial charge in [-0.15, -0.1) is 0 Å². The Balaban J connectivity index is 3.70. The molecule has 1 atom stereocenters. The Morgan fingerprint density at radius 3 is 2.46 bits per heavy atom. The van der Waals surface area contributed by atoms with Crippen LogP contribution in [0.3, 0.4) is 0 Å². The topological polar surface area (TPSA) is 93.1 Å². The maximum absolute atomic E-state index is 10.6. The van der Waals surface area contributed by atoms with E-state index in [0.29, 0.717) is 0 Å². The van der Waals surface area contributed by atoms with Gasteiger partial charge in [-0.1, -0.05) is 0 Å². The first kappa shape index (κ1) is 12.6. The van der Waals surface area contributed by atoms with Crippen molar-refractivity contribution in [1.29, 1.82) is 0 Å². The van der Waals surface area contributed by atoms with Crippen LogP contribution in [0.1, 0.15) is 19.8 Å². The summed E-state index contributed by atoms with van der Waals surface area (Å²) in [5.74, 6) is -0.429. The largest absolute Gasteiger partial charge is 0.469 e. The number of rotatable bonds is 5. The standard InChI is InChI=1S/C6H13O6P/c1-5(12-13(8,9)10)3-4-6(7)11-2/h5H,3-4H2,1-2H3,(H2,8,9,10). The number of phosphoric acid groups is 1. The van der Waals surface area contributed by atoms with E-state index in [-0.39, 0.29) is 12.8 Å². The minimum Gasteiger partial charge on any atom is -0.469 e. The molecule has 2 N–H and O–H groups in total. The van der Waals surface area contributed by atoms with Gasteiger partial charge in [-0.3, -0.25) is 9.32 Å². The van der Waals surface area contributed by atoms with Gasteiger partial charge in [0.25, 0.3) is 0 Å².